The molecule has 1 atom stereocenters. The van der Waals surface area contributed by atoms with Crippen LogP contribution in [0, 0.1) is 26.7 Å². The highest BCUT2D eigenvalue weighted by molar-refractivity contribution is 5.95. The molecule has 34 heavy (non-hydrogen) atoms. The van der Waals surface area contributed by atoms with Crippen molar-refractivity contribution in [2.24, 2.45) is 5.92 Å². The van der Waals surface area contributed by atoms with Crippen LogP contribution in [0.2, 0.25) is 0 Å². The molecule has 8 heteroatoms. The van der Waals surface area contributed by atoms with Crippen molar-refractivity contribution in [1.82, 2.24) is 30.2 Å². The summed E-state index contributed by atoms with van der Waals surface area (Å²) < 4.78 is 1.94. The molecule has 4 rings (SSSR count). The molecule has 1 aliphatic rings. The number of aryl methyl sites for hydroxylation is 2. The highest BCUT2D eigenvalue weighted by atomic mass is 16.2. The van der Waals surface area contributed by atoms with Gasteiger partial charge in [-0.1, -0.05) is 30.3 Å². The molecule has 0 radical (unpaired) electrons. The predicted molar refractivity (Wildman–Crippen MR) is 131 cm³/mol. The van der Waals surface area contributed by atoms with E-state index in [9.17, 15) is 9.59 Å². The van der Waals surface area contributed by atoms with E-state index in [1.54, 1.807) is 0 Å². The van der Waals surface area contributed by atoms with E-state index in [-0.39, 0.29) is 23.8 Å². The first-order chi connectivity index (χ1) is 16.3. The quantitative estimate of drug-likeness (QED) is 0.560. The van der Waals surface area contributed by atoms with E-state index in [2.05, 4.69) is 20.6 Å². The minimum Gasteiger partial charge on any atom is -0.352 e. The lowest BCUT2D eigenvalue weighted by atomic mass is 9.92. The van der Waals surface area contributed by atoms with Crippen molar-refractivity contribution in [1.29, 1.82) is 0 Å². The first-order valence-electron chi connectivity index (χ1n) is 12.0. The first-order valence-corrected chi connectivity index (χ1v) is 12.0. The van der Waals surface area contributed by atoms with E-state index in [4.69, 9.17) is 0 Å². The number of likely N-dealkylation sites (tertiary alicyclic amines) is 1. The third kappa shape index (κ3) is 5.38. The van der Waals surface area contributed by atoms with Gasteiger partial charge in [0.15, 0.2) is 0 Å². The van der Waals surface area contributed by atoms with Crippen LogP contribution in [0.25, 0.3) is 11.3 Å². The standard InChI is InChI=1S/C26H34N6O2/c1-17-14-19(3)32(30-17)16-18(2)27-23(33)15-21-10-12-31(13-11-21)26(34)25-20(4)24(28-29-25)22-8-6-5-7-9-22/h5-9,14,18,21H,10-13,15-16H2,1-4H3,(H,27,33)(H,28,29). The van der Waals surface area contributed by atoms with Crippen molar-refractivity contribution in [3.63, 3.8) is 0 Å². The third-order valence-electron chi connectivity index (χ3n) is 6.60. The normalized spacial score (nSPS) is 15.4. The Morgan fingerprint density at radius 1 is 1.15 bits per heavy atom. The molecule has 1 fully saturated rings. The monoisotopic (exact) mass is 462 g/mol. The van der Waals surface area contributed by atoms with E-state index in [0.29, 0.717) is 31.7 Å². The summed E-state index contributed by atoms with van der Waals surface area (Å²) in [6.45, 7) is 9.90. The van der Waals surface area contributed by atoms with Crippen LogP contribution in [-0.2, 0) is 11.3 Å². The Hall–Kier alpha value is -3.42. The van der Waals surface area contributed by atoms with Gasteiger partial charge in [0.05, 0.1) is 17.9 Å². The number of carbonyl (C=O) groups excluding carboxylic acids is 2. The Morgan fingerprint density at radius 3 is 2.50 bits per heavy atom. The molecule has 180 valence electrons. The maximum Gasteiger partial charge on any atom is 0.272 e. The lowest BCUT2D eigenvalue weighted by Gasteiger charge is -2.31. The number of carbonyl (C=O) groups is 2. The largest absolute Gasteiger partial charge is 0.352 e. The van der Waals surface area contributed by atoms with Crippen LogP contribution < -0.4 is 5.32 Å². The summed E-state index contributed by atoms with van der Waals surface area (Å²) in [5, 5.41) is 14.9. The molecule has 0 aliphatic carbocycles. The van der Waals surface area contributed by atoms with Gasteiger partial charge in [-0.15, -0.1) is 0 Å². The first kappa shape index (κ1) is 23.7. The molecule has 8 nitrogen and oxygen atoms in total. The molecule has 0 spiro atoms. The van der Waals surface area contributed by atoms with Gasteiger partial charge in [-0.2, -0.15) is 10.2 Å². The van der Waals surface area contributed by atoms with E-state index >= 15 is 0 Å². The van der Waals surface area contributed by atoms with Crippen LogP contribution in [0.5, 0.6) is 0 Å². The van der Waals surface area contributed by atoms with Gasteiger partial charge in [0.2, 0.25) is 5.91 Å². The van der Waals surface area contributed by atoms with Crippen LogP contribution in [0.3, 0.4) is 0 Å². The number of amides is 2. The number of piperidine rings is 1. The van der Waals surface area contributed by atoms with Gasteiger partial charge >= 0.3 is 0 Å². The Kier molecular flexibility index (Phi) is 7.14. The van der Waals surface area contributed by atoms with E-state index in [1.807, 2.05) is 73.7 Å². The summed E-state index contributed by atoms with van der Waals surface area (Å²) >= 11 is 0. The van der Waals surface area contributed by atoms with Crippen LogP contribution in [0.15, 0.2) is 36.4 Å². The highest BCUT2D eigenvalue weighted by Gasteiger charge is 2.28. The van der Waals surface area contributed by atoms with Crippen molar-refractivity contribution >= 4 is 11.8 Å². The molecular formula is C26H34N6O2. The van der Waals surface area contributed by atoms with Gasteiger partial charge in [-0.25, -0.2) is 0 Å². The average Bonchev–Trinajstić information content (AvgIpc) is 3.34. The molecule has 2 N–H and O–H groups in total. The zero-order chi connectivity index (χ0) is 24.2. The fourth-order valence-electron chi connectivity index (χ4n) is 4.74. The van der Waals surface area contributed by atoms with Crippen LogP contribution in [0.1, 0.15) is 53.6 Å². The van der Waals surface area contributed by atoms with Crippen molar-refractivity contribution in [3.8, 4) is 11.3 Å². The number of aromatic amines is 1. The van der Waals surface area contributed by atoms with E-state index in [0.717, 1.165) is 41.1 Å². The van der Waals surface area contributed by atoms with Crippen molar-refractivity contribution in [3.05, 3.63) is 59.0 Å². The number of H-pyrrole nitrogens is 1. The summed E-state index contributed by atoms with van der Waals surface area (Å²) in [6.07, 6.45) is 2.14. The molecule has 2 amide bonds. The maximum absolute atomic E-state index is 13.1. The van der Waals surface area contributed by atoms with Gasteiger partial charge < -0.3 is 10.2 Å². The second kappa shape index (κ2) is 10.2. The second-order valence-electron chi connectivity index (χ2n) is 9.46. The Labute approximate surface area is 200 Å². The fraction of sp³-hybridized carbons (Fsp3) is 0.462. The van der Waals surface area contributed by atoms with Crippen molar-refractivity contribution in [2.75, 3.05) is 13.1 Å². The molecule has 1 aromatic carbocycles. The van der Waals surface area contributed by atoms with E-state index < -0.39 is 0 Å². The smallest absolute Gasteiger partial charge is 0.272 e. The van der Waals surface area contributed by atoms with Gasteiger partial charge in [0.1, 0.15) is 5.69 Å². The van der Waals surface area contributed by atoms with Gasteiger partial charge in [0, 0.05) is 42.4 Å². The molecule has 1 saturated heterocycles. The Balaban J connectivity index is 1.26. The lowest BCUT2D eigenvalue weighted by molar-refractivity contribution is -0.123. The molecule has 0 bridgehead atoms. The van der Waals surface area contributed by atoms with Gasteiger partial charge in [0.25, 0.3) is 5.91 Å². The number of benzene rings is 1. The number of rotatable bonds is 7. The minimum absolute atomic E-state index is 0.00864. The number of hydrogen-bond donors (Lipinski definition) is 2. The molecule has 1 aliphatic heterocycles. The Morgan fingerprint density at radius 2 is 1.85 bits per heavy atom. The molecule has 2 aromatic heterocycles. The molecule has 3 heterocycles. The van der Waals surface area contributed by atoms with Crippen LogP contribution in [-0.4, -0.2) is 55.8 Å². The summed E-state index contributed by atoms with van der Waals surface area (Å²) in [5.41, 5.74) is 5.30. The number of aromatic nitrogens is 4. The van der Waals surface area contributed by atoms with Crippen molar-refractivity contribution < 1.29 is 9.59 Å². The molecular weight excluding hydrogens is 428 g/mol. The zero-order valence-corrected chi connectivity index (χ0v) is 20.5. The highest BCUT2D eigenvalue weighted by Crippen LogP contribution is 2.26. The summed E-state index contributed by atoms with van der Waals surface area (Å²) in [4.78, 5) is 27.6. The van der Waals surface area contributed by atoms with Crippen molar-refractivity contribution in [2.45, 2.75) is 59.5 Å². The van der Waals surface area contributed by atoms with Crippen LogP contribution in [0.4, 0.5) is 0 Å². The Bertz CT molecular complexity index is 1140. The molecule has 1 unspecified atom stereocenters. The number of nitrogens with one attached hydrogen (secondary N) is 2. The van der Waals surface area contributed by atoms with Gasteiger partial charge in [-0.3, -0.25) is 19.4 Å². The fourth-order valence-corrected chi connectivity index (χ4v) is 4.74. The van der Waals surface area contributed by atoms with Gasteiger partial charge in [-0.05, 0) is 52.5 Å². The molecule has 3 aromatic rings. The topological polar surface area (TPSA) is 95.9 Å². The average molecular weight is 463 g/mol. The summed E-state index contributed by atoms with van der Waals surface area (Å²) in [6, 6.07) is 11.9. The number of nitrogens with zero attached hydrogens (tertiary/aromatic N) is 4. The summed E-state index contributed by atoms with van der Waals surface area (Å²) in [7, 11) is 0. The van der Waals surface area contributed by atoms with E-state index in [1.165, 1.54) is 0 Å². The predicted octanol–water partition coefficient (Wildman–Crippen LogP) is 3.65. The van der Waals surface area contributed by atoms with Crippen LogP contribution >= 0.6 is 0 Å². The second-order valence-corrected chi connectivity index (χ2v) is 9.46. The maximum atomic E-state index is 13.1. The SMILES string of the molecule is Cc1cc(C)n(CC(C)NC(=O)CC2CCN(C(=O)c3[nH]nc(-c4ccccc4)c3C)CC2)n1. The summed E-state index contributed by atoms with van der Waals surface area (Å²) in [5.74, 6) is 0.331. The number of hydrogen-bond acceptors (Lipinski definition) is 4. The third-order valence-corrected chi connectivity index (χ3v) is 6.60. The molecule has 0 saturated carbocycles. The zero-order valence-electron chi connectivity index (χ0n) is 20.5. The lowest BCUT2D eigenvalue weighted by Crippen LogP contribution is -2.41. The minimum atomic E-state index is -0.0198.